The molecule has 5 heteroatoms. The third-order valence-corrected chi connectivity index (χ3v) is 2.33. The molecule has 0 saturated heterocycles. The van der Waals surface area contributed by atoms with Crippen LogP contribution in [0.5, 0.6) is 0 Å². The maximum atomic E-state index is 11.5. The molecular weight excluding hydrogens is 182 g/mol. The molecule has 0 aromatic carbocycles. The lowest BCUT2D eigenvalue weighted by molar-refractivity contribution is -0.145. The third-order valence-electron chi connectivity index (χ3n) is 2.33. The average Bonchev–Trinajstić information content (AvgIpc) is 2.65. The van der Waals surface area contributed by atoms with Crippen LogP contribution in [0.15, 0.2) is 6.20 Å². The summed E-state index contributed by atoms with van der Waals surface area (Å²) < 4.78 is 4.98. The summed E-state index contributed by atoms with van der Waals surface area (Å²) in [5.74, 6) is -0.425. The highest BCUT2D eigenvalue weighted by atomic mass is 16.5. The summed E-state index contributed by atoms with van der Waals surface area (Å²) in [6, 6.07) is 0. The minimum atomic E-state index is -0.235. The Bertz CT molecular complexity index is 335. The molecule has 1 atom stereocenters. The molecule has 0 radical (unpaired) electrons. The van der Waals surface area contributed by atoms with Crippen molar-refractivity contribution in [2.75, 3.05) is 13.2 Å². The fourth-order valence-corrected chi connectivity index (χ4v) is 1.66. The highest BCUT2D eigenvalue weighted by Crippen LogP contribution is 2.22. The highest BCUT2D eigenvalue weighted by molar-refractivity contribution is 5.78. The van der Waals surface area contributed by atoms with E-state index < -0.39 is 0 Å². The van der Waals surface area contributed by atoms with Gasteiger partial charge in [0.25, 0.3) is 0 Å². The Morgan fingerprint density at radius 1 is 1.79 bits per heavy atom. The molecule has 0 aliphatic carbocycles. The van der Waals surface area contributed by atoms with Gasteiger partial charge in [-0.2, -0.15) is 5.10 Å². The molecule has 5 nitrogen and oxygen atoms in total. The van der Waals surface area contributed by atoms with Gasteiger partial charge in [-0.05, 0) is 6.92 Å². The van der Waals surface area contributed by atoms with E-state index in [9.17, 15) is 4.79 Å². The zero-order valence-electron chi connectivity index (χ0n) is 8.04. The van der Waals surface area contributed by atoms with Crippen LogP contribution >= 0.6 is 0 Å². The van der Waals surface area contributed by atoms with Crippen LogP contribution in [0.25, 0.3) is 0 Å². The van der Waals surface area contributed by atoms with Gasteiger partial charge in [-0.1, -0.05) is 0 Å². The summed E-state index contributed by atoms with van der Waals surface area (Å²) >= 11 is 0. The molecular formula is C9H13N3O2. The maximum absolute atomic E-state index is 11.5. The first-order chi connectivity index (χ1) is 6.83. The van der Waals surface area contributed by atoms with Gasteiger partial charge >= 0.3 is 5.97 Å². The van der Waals surface area contributed by atoms with Gasteiger partial charge in [-0.3, -0.25) is 9.89 Å². The van der Waals surface area contributed by atoms with Crippen LogP contribution in [0.1, 0.15) is 24.1 Å². The Kier molecular flexibility index (Phi) is 2.49. The number of rotatable bonds is 2. The van der Waals surface area contributed by atoms with Gasteiger partial charge in [0.15, 0.2) is 0 Å². The maximum Gasteiger partial charge on any atom is 0.316 e. The molecule has 2 N–H and O–H groups in total. The topological polar surface area (TPSA) is 67.0 Å². The number of carbonyl (C=O) groups is 1. The molecule has 1 aliphatic rings. The normalized spacial score (nSPS) is 20.2. The molecule has 0 fully saturated rings. The number of H-pyrrole nitrogens is 1. The second-order valence-electron chi connectivity index (χ2n) is 3.24. The molecule has 0 spiro atoms. The van der Waals surface area contributed by atoms with Gasteiger partial charge in [-0.25, -0.2) is 0 Å². The first kappa shape index (κ1) is 9.21. The number of nitrogens with zero attached hydrogens (tertiary/aromatic N) is 1. The minimum Gasteiger partial charge on any atom is -0.465 e. The van der Waals surface area contributed by atoms with Gasteiger partial charge in [-0.15, -0.1) is 0 Å². The number of esters is 1. The van der Waals surface area contributed by atoms with E-state index in [4.69, 9.17) is 4.74 Å². The molecule has 76 valence electrons. The lowest BCUT2D eigenvalue weighted by atomic mass is 9.98. The average molecular weight is 195 g/mol. The van der Waals surface area contributed by atoms with Crippen molar-refractivity contribution in [2.24, 2.45) is 0 Å². The minimum absolute atomic E-state index is 0.190. The molecule has 1 aromatic heterocycles. The number of fused-ring (bicyclic) bond motifs is 1. The van der Waals surface area contributed by atoms with E-state index in [1.807, 2.05) is 6.92 Å². The predicted octanol–water partition coefficient (Wildman–Crippen LogP) is 0.160. The Morgan fingerprint density at radius 2 is 2.64 bits per heavy atom. The number of hydrogen-bond donors (Lipinski definition) is 2. The van der Waals surface area contributed by atoms with Crippen LogP contribution in [-0.4, -0.2) is 29.3 Å². The van der Waals surface area contributed by atoms with Crippen molar-refractivity contribution in [3.8, 4) is 0 Å². The number of aromatic amines is 1. The number of hydrogen-bond acceptors (Lipinski definition) is 4. The number of nitrogens with one attached hydrogen (secondary N) is 2. The summed E-state index contributed by atoms with van der Waals surface area (Å²) in [5.41, 5.74) is 1.94. The van der Waals surface area contributed by atoms with Crippen molar-refractivity contribution in [2.45, 2.75) is 19.4 Å². The molecule has 2 rings (SSSR count). The van der Waals surface area contributed by atoms with Crippen LogP contribution < -0.4 is 5.32 Å². The Hall–Kier alpha value is -1.36. The third kappa shape index (κ3) is 1.50. The second-order valence-corrected chi connectivity index (χ2v) is 3.24. The first-order valence-electron chi connectivity index (χ1n) is 4.72. The van der Waals surface area contributed by atoms with Crippen LogP contribution in [-0.2, 0) is 16.1 Å². The smallest absolute Gasteiger partial charge is 0.316 e. The summed E-state index contributed by atoms with van der Waals surface area (Å²) in [4.78, 5) is 11.5. The molecule has 0 saturated carbocycles. The predicted molar refractivity (Wildman–Crippen MR) is 49.7 cm³/mol. The fourth-order valence-electron chi connectivity index (χ4n) is 1.66. The van der Waals surface area contributed by atoms with Crippen molar-refractivity contribution >= 4 is 5.97 Å². The van der Waals surface area contributed by atoms with Crippen molar-refractivity contribution < 1.29 is 9.53 Å². The Balaban J connectivity index is 2.19. The molecule has 0 bridgehead atoms. The van der Waals surface area contributed by atoms with Crippen LogP contribution in [0.4, 0.5) is 0 Å². The summed E-state index contributed by atoms with van der Waals surface area (Å²) in [7, 11) is 0. The SMILES string of the molecule is CCOC(=O)C1CNCc2cn[nH]c21. The fraction of sp³-hybridized carbons (Fsp3) is 0.556. The monoisotopic (exact) mass is 195 g/mol. The molecule has 2 heterocycles. The van der Waals surface area contributed by atoms with E-state index in [0.29, 0.717) is 13.2 Å². The van der Waals surface area contributed by atoms with Crippen LogP contribution in [0.3, 0.4) is 0 Å². The first-order valence-corrected chi connectivity index (χ1v) is 4.72. The molecule has 1 aliphatic heterocycles. The van der Waals surface area contributed by atoms with Gasteiger partial charge in [0, 0.05) is 18.7 Å². The highest BCUT2D eigenvalue weighted by Gasteiger charge is 2.28. The van der Waals surface area contributed by atoms with Gasteiger partial charge < -0.3 is 10.1 Å². The van der Waals surface area contributed by atoms with Gasteiger partial charge in [0.2, 0.25) is 0 Å². The Labute approximate surface area is 81.8 Å². The molecule has 1 unspecified atom stereocenters. The number of ether oxygens (including phenoxy) is 1. The quantitative estimate of drug-likeness (QED) is 0.660. The summed E-state index contributed by atoms with van der Waals surface area (Å²) in [6.45, 7) is 3.61. The van der Waals surface area contributed by atoms with E-state index in [1.54, 1.807) is 6.20 Å². The van der Waals surface area contributed by atoms with E-state index in [-0.39, 0.29) is 11.9 Å². The van der Waals surface area contributed by atoms with Crippen molar-refractivity contribution in [3.63, 3.8) is 0 Å². The van der Waals surface area contributed by atoms with Gasteiger partial charge in [0.05, 0.1) is 18.5 Å². The summed E-state index contributed by atoms with van der Waals surface area (Å²) in [6.07, 6.45) is 1.74. The van der Waals surface area contributed by atoms with E-state index >= 15 is 0 Å². The molecule has 0 amide bonds. The van der Waals surface area contributed by atoms with Crippen molar-refractivity contribution in [1.82, 2.24) is 15.5 Å². The summed E-state index contributed by atoms with van der Waals surface area (Å²) in [5, 5.41) is 9.94. The number of carbonyl (C=O) groups excluding carboxylic acids is 1. The zero-order valence-corrected chi connectivity index (χ0v) is 8.04. The van der Waals surface area contributed by atoms with E-state index in [2.05, 4.69) is 15.5 Å². The largest absolute Gasteiger partial charge is 0.465 e. The molecule has 1 aromatic rings. The van der Waals surface area contributed by atoms with E-state index in [1.165, 1.54) is 0 Å². The van der Waals surface area contributed by atoms with E-state index in [0.717, 1.165) is 17.8 Å². The zero-order chi connectivity index (χ0) is 9.97. The Morgan fingerprint density at radius 3 is 3.43 bits per heavy atom. The van der Waals surface area contributed by atoms with Crippen LogP contribution in [0, 0.1) is 0 Å². The standard InChI is InChI=1S/C9H13N3O2/c1-2-14-9(13)7-5-10-3-6-4-11-12-8(6)7/h4,7,10H,2-3,5H2,1H3,(H,11,12). The van der Waals surface area contributed by atoms with Crippen LogP contribution in [0.2, 0.25) is 0 Å². The lowest BCUT2D eigenvalue weighted by Crippen LogP contribution is -2.33. The van der Waals surface area contributed by atoms with Gasteiger partial charge in [0.1, 0.15) is 5.92 Å². The lowest BCUT2D eigenvalue weighted by Gasteiger charge is -2.20. The van der Waals surface area contributed by atoms with Crippen molar-refractivity contribution in [3.05, 3.63) is 17.5 Å². The molecule has 14 heavy (non-hydrogen) atoms. The number of aromatic nitrogens is 2. The van der Waals surface area contributed by atoms with Crippen molar-refractivity contribution in [1.29, 1.82) is 0 Å². The second kappa shape index (κ2) is 3.79.